The second kappa shape index (κ2) is 3.09. The van der Waals surface area contributed by atoms with Crippen LogP contribution in [0, 0.1) is 0 Å². The van der Waals surface area contributed by atoms with Gasteiger partial charge in [0.15, 0.2) is 0 Å². The summed E-state index contributed by atoms with van der Waals surface area (Å²) in [5.74, 6) is 0.711. The Balaban J connectivity index is 2.10. The van der Waals surface area contributed by atoms with Gasteiger partial charge in [0.25, 0.3) is 5.56 Å². The van der Waals surface area contributed by atoms with Crippen molar-refractivity contribution in [1.29, 1.82) is 0 Å². The lowest BCUT2D eigenvalue weighted by molar-refractivity contribution is 0.320. The van der Waals surface area contributed by atoms with E-state index in [1.165, 1.54) is 12.4 Å². The van der Waals surface area contributed by atoms with E-state index >= 15 is 0 Å². The summed E-state index contributed by atoms with van der Waals surface area (Å²) in [6.45, 7) is 3.63. The normalized spacial score (nSPS) is 19.1. The summed E-state index contributed by atoms with van der Waals surface area (Å²) in [5.41, 5.74) is 5.80. The molecule has 14 heavy (non-hydrogen) atoms. The Morgan fingerprint density at radius 3 is 3.00 bits per heavy atom. The van der Waals surface area contributed by atoms with Gasteiger partial charge in [-0.1, -0.05) is 6.92 Å². The maximum Gasteiger partial charge on any atom is 0.252 e. The number of aromatic nitrogens is 2. The van der Waals surface area contributed by atoms with Crippen LogP contribution >= 0.6 is 0 Å². The van der Waals surface area contributed by atoms with Gasteiger partial charge < -0.3 is 15.6 Å². The molecule has 0 bridgehead atoms. The summed E-state index contributed by atoms with van der Waals surface area (Å²) in [6, 6.07) is 1.50. The molecule has 3 N–H and O–H groups in total. The average Bonchev–Trinajstić information content (AvgIpc) is 2.13. The van der Waals surface area contributed by atoms with Gasteiger partial charge in [-0.15, -0.1) is 0 Å². The predicted octanol–water partition coefficient (Wildman–Crippen LogP) is -0.303. The molecule has 2 rings (SSSR count). The molecule has 2 heterocycles. The molecular weight excluding hydrogens is 180 g/mol. The number of nitrogens with one attached hydrogen (secondary N) is 1. The summed E-state index contributed by atoms with van der Waals surface area (Å²) < 4.78 is 0. The number of H-pyrrole nitrogens is 1. The fraction of sp³-hybridized carbons (Fsp3) is 0.556. The molecule has 1 saturated heterocycles. The zero-order valence-electron chi connectivity index (χ0n) is 8.16. The summed E-state index contributed by atoms with van der Waals surface area (Å²) >= 11 is 0. The van der Waals surface area contributed by atoms with Gasteiger partial charge in [-0.25, -0.2) is 4.98 Å². The smallest absolute Gasteiger partial charge is 0.252 e. The first-order valence-corrected chi connectivity index (χ1v) is 4.71. The maximum atomic E-state index is 11.0. The summed E-state index contributed by atoms with van der Waals surface area (Å²) in [6.07, 6.45) is 2.37. The standard InChI is InChI=1S/C9H14N4O/c1-2-9(10)4-13(5-9)7-3-8(14)12-6-11-7/h3,6H,2,4-5,10H2,1H3,(H,11,12,14). The molecule has 5 heteroatoms. The zero-order valence-corrected chi connectivity index (χ0v) is 8.16. The number of aromatic amines is 1. The van der Waals surface area contributed by atoms with Crippen LogP contribution in [0.3, 0.4) is 0 Å². The molecule has 0 saturated carbocycles. The van der Waals surface area contributed by atoms with Crippen LogP contribution in [-0.2, 0) is 0 Å². The van der Waals surface area contributed by atoms with E-state index in [-0.39, 0.29) is 11.1 Å². The van der Waals surface area contributed by atoms with E-state index in [9.17, 15) is 4.79 Å². The highest BCUT2D eigenvalue weighted by Gasteiger charge is 2.38. The Hall–Kier alpha value is -1.36. The van der Waals surface area contributed by atoms with Gasteiger partial charge in [0.05, 0.1) is 11.9 Å². The lowest BCUT2D eigenvalue weighted by atomic mass is 9.88. The van der Waals surface area contributed by atoms with Crippen molar-refractivity contribution in [2.24, 2.45) is 5.73 Å². The first-order chi connectivity index (χ1) is 6.63. The van der Waals surface area contributed by atoms with Gasteiger partial charge in [-0.3, -0.25) is 4.79 Å². The third-order valence-corrected chi connectivity index (χ3v) is 2.70. The van der Waals surface area contributed by atoms with E-state index in [4.69, 9.17) is 5.73 Å². The molecule has 76 valence electrons. The molecule has 1 aromatic rings. The van der Waals surface area contributed by atoms with Crippen molar-refractivity contribution >= 4 is 5.82 Å². The topological polar surface area (TPSA) is 75.0 Å². The Bertz CT molecular complexity index is 380. The van der Waals surface area contributed by atoms with E-state index in [1.54, 1.807) is 0 Å². The van der Waals surface area contributed by atoms with Gasteiger partial charge in [0.1, 0.15) is 5.82 Å². The molecule has 0 aliphatic carbocycles. The van der Waals surface area contributed by atoms with Crippen LogP contribution in [0.2, 0.25) is 0 Å². The van der Waals surface area contributed by atoms with Crippen LogP contribution in [0.4, 0.5) is 5.82 Å². The molecule has 1 aliphatic heterocycles. The largest absolute Gasteiger partial charge is 0.353 e. The molecular formula is C9H14N4O. The second-order valence-corrected chi connectivity index (χ2v) is 3.84. The highest BCUT2D eigenvalue weighted by molar-refractivity contribution is 5.43. The minimum absolute atomic E-state index is 0.0930. The van der Waals surface area contributed by atoms with Crippen LogP contribution in [-0.4, -0.2) is 28.6 Å². The van der Waals surface area contributed by atoms with Crippen molar-refractivity contribution in [3.63, 3.8) is 0 Å². The van der Waals surface area contributed by atoms with E-state index in [1.807, 2.05) is 4.90 Å². The van der Waals surface area contributed by atoms with Crippen LogP contribution in [0.15, 0.2) is 17.2 Å². The van der Waals surface area contributed by atoms with Gasteiger partial charge in [-0.2, -0.15) is 0 Å². The van der Waals surface area contributed by atoms with Crippen molar-refractivity contribution in [2.45, 2.75) is 18.9 Å². The number of rotatable bonds is 2. The van der Waals surface area contributed by atoms with Crippen molar-refractivity contribution < 1.29 is 0 Å². The van der Waals surface area contributed by atoms with Crippen LogP contribution in [0.1, 0.15) is 13.3 Å². The first-order valence-electron chi connectivity index (χ1n) is 4.71. The molecule has 0 atom stereocenters. The first kappa shape index (κ1) is 9.21. The number of nitrogens with two attached hydrogens (primary N) is 1. The lowest BCUT2D eigenvalue weighted by Crippen LogP contribution is -2.67. The minimum Gasteiger partial charge on any atom is -0.353 e. The third kappa shape index (κ3) is 1.50. The molecule has 0 spiro atoms. The van der Waals surface area contributed by atoms with Gasteiger partial charge in [0.2, 0.25) is 0 Å². The lowest BCUT2D eigenvalue weighted by Gasteiger charge is -2.47. The van der Waals surface area contributed by atoms with Crippen molar-refractivity contribution in [2.75, 3.05) is 18.0 Å². The van der Waals surface area contributed by atoms with Crippen molar-refractivity contribution in [1.82, 2.24) is 9.97 Å². The Morgan fingerprint density at radius 1 is 1.71 bits per heavy atom. The molecule has 0 radical (unpaired) electrons. The molecule has 1 aromatic heterocycles. The van der Waals surface area contributed by atoms with Crippen LogP contribution in [0.5, 0.6) is 0 Å². The second-order valence-electron chi connectivity index (χ2n) is 3.84. The molecule has 0 aromatic carbocycles. The number of hydrogen-bond acceptors (Lipinski definition) is 4. The fourth-order valence-corrected chi connectivity index (χ4v) is 1.63. The third-order valence-electron chi connectivity index (χ3n) is 2.70. The average molecular weight is 194 g/mol. The van der Waals surface area contributed by atoms with Gasteiger partial charge in [-0.05, 0) is 6.42 Å². The predicted molar refractivity (Wildman–Crippen MR) is 54.3 cm³/mol. The van der Waals surface area contributed by atoms with Gasteiger partial charge >= 0.3 is 0 Å². The van der Waals surface area contributed by atoms with Crippen LogP contribution in [0.25, 0.3) is 0 Å². The highest BCUT2D eigenvalue weighted by Crippen LogP contribution is 2.25. The molecule has 1 aliphatic rings. The van der Waals surface area contributed by atoms with E-state index in [2.05, 4.69) is 16.9 Å². The number of hydrogen-bond donors (Lipinski definition) is 2. The van der Waals surface area contributed by atoms with E-state index < -0.39 is 0 Å². The Kier molecular flexibility index (Phi) is 2.03. The minimum atomic E-state index is -0.124. The summed E-state index contributed by atoms with van der Waals surface area (Å²) in [4.78, 5) is 19.6. The molecule has 5 nitrogen and oxygen atoms in total. The summed E-state index contributed by atoms with van der Waals surface area (Å²) in [7, 11) is 0. The van der Waals surface area contributed by atoms with E-state index in [0.29, 0.717) is 5.82 Å². The monoisotopic (exact) mass is 194 g/mol. The fourth-order valence-electron chi connectivity index (χ4n) is 1.63. The number of anilines is 1. The quantitative estimate of drug-likeness (QED) is 0.677. The van der Waals surface area contributed by atoms with Crippen molar-refractivity contribution in [3.05, 3.63) is 22.7 Å². The molecule has 0 amide bonds. The SMILES string of the molecule is CCC1(N)CN(c2cc(=O)[nH]cn2)C1. The highest BCUT2D eigenvalue weighted by atomic mass is 16.1. The van der Waals surface area contributed by atoms with Gasteiger partial charge in [0, 0.05) is 19.2 Å². The van der Waals surface area contributed by atoms with Crippen molar-refractivity contribution in [3.8, 4) is 0 Å². The van der Waals surface area contributed by atoms with E-state index in [0.717, 1.165) is 19.5 Å². The maximum absolute atomic E-state index is 11.0. The summed E-state index contributed by atoms with van der Waals surface area (Å²) in [5, 5.41) is 0. The van der Waals surface area contributed by atoms with Crippen LogP contribution < -0.4 is 16.2 Å². The number of nitrogens with zero attached hydrogens (tertiary/aromatic N) is 2. The Morgan fingerprint density at radius 2 is 2.43 bits per heavy atom. The molecule has 1 fully saturated rings. The zero-order chi connectivity index (χ0) is 10.2. The Labute approximate surface area is 82.0 Å². The molecule has 0 unspecified atom stereocenters.